The zero-order valence-corrected chi connectivity index (χ0v) is 19.9. The minimum atomic E-state index is 0.926. The molecular formula is C32H17N3S. The molecule has 166 valence electrons. The summed E-state index contributed by atoms with van der Waals surface area (Å²) in [6, 6.07) is 36.9. The van der Waals surface area contributed by atoms with Gasteiger partial charge in [0.2, 0.25) is 0 Å². The number of rotatable bonds is 1. The molecule has 0 unspecified atom stereocenters. The smallest absolute Gasteiger partial charge is 0.165 e. The molecule has 0 aliphatic heterocycles. The van der Waals surface area contributed by atoms with Gasteiger partial charge in [0, 0.05) is 36.3 Å². The summed E-state index contributed by atoms with van der Waals surface area (Å²) in [5, 5.41) is 6.33. The maximum Gasteiger partial charge on any atom is 0.165 e. The second kappa shape index (κ2) is 6.56. The molecular weight excluding hydrogens is 458 g/mol. The molecule has 0 saturated carbocycles. The summed E-state index contributed by atoms with van der Waals surface area (Å²) in [6.45, 7) is 0. The van der Waals surface area contributed by atoms with Gasteiger partial charge in [0.05, 0.1) is 22.1 Å². The highest BCUT2D eigenvalue weighted by molar-refractivity contribution is 7.25. The largest absolute Gasteiger partial charge is 0.291 e. The van der Waals surface area contributed by atoms with E-state index in [0.717, 1.165) is 27.6 Å². The normalized spacial score (nSPS) is 12.4. The van der Waals surface area contributed by atoms with Crippen LogP contribution in [0.2, 0.25) is 0 Å². The van der Waals surface area contributed by atoms with Gasteiger partial charge >= 0.3 is 0 Å². The molecule has 3 nitrogen and oxygen atoms in total. The fourth-order valence-corrected chi connectivity index (χ4v) is 7.04. The van der Waals surface area contributed by atoms with E-state index in [4.69, 9.17) is 9.97 Å². The third kappa shape index (κ3) is 2.32. The lowest BCUT2D eigenvalue weighted by Gasteiger charge is -2.02. The van der Waals surface area contributed by atoms with Crippen LogP contribution in [0.5, 0.6) is 0 Å². The first kappa shape index (κ1) is 18.7. The Bertz CT molecular complexity index is 2310. The highest BCUT2D eigenvalue weighted by Crippen LogP contribution is 2.43. The van der Waals surface area contributed by atoms with Crippen molar-refractivity contribution in [2.24, 2.45) is 0 Å². The van der Waals surface area contributed by atoms with E-state index in [1.807, 2.05) is 35.6 Å². The second-order valence-corrected chi connectivity index (χ2v) is 10.6. The number of para-hydroxylation sites is 3. The maximum atomic E-state index is 5.09. The Balaban J connectivity index is 1.41. The van der Waals surface area contributed by atoms with Crippen molar-refractivity contribution >= 4 is 80.9 Å². The Kier molecular flexibility index (Phi) is 3.42. The minimum absolute atomic E-state index is 0.926. The Morgan fingerprint density at radius 3 is 2.19 bits per heavy atom. The molecule has 0 aliphatic carbocycles. The standard InChI is InChI=1S/C32H17N3S/c1-2-7-18(8-3-1)19-13-14-20-24-16-23-21-9-6-10-22-30-32(34-26-12-5-4-11-25(26)33-30)35(31(21)22)27(23)17-29(24)36-28(20)15-19/h1-17H. The van der Waals surface area contributed by atoms with Gasteiger partial charge in [-0.05, 0) is 41.5 Å². The lowest BCUT2D eigenvalue weighted by Crippen LogP contribution is -1.88. The number of fused-ring (bicyclic) bond motifs is 10. The van der Waals surface area contributed by atoms with Crippen LogP contribution in [0.25, 0.3) is 80.7 Å². The average molecular weight is 476 g/mol. The molecule has 4 heteroatoms. The molecule has 0 saturated heterocycles. The number of thiophene rings is 1. The fourth-order valence-electron chi connectivity index (χ4n) is 5.88. The van der Waals surface area contributed by atoms with Crippen molar-refractivity contribution < 1.29 is 0 Å². The van der Waals surface area contributed by atoms with Gasteiger partial charge in [-0.25, -0.2) is 9.97 Å². The van der Waals surface area contributed by atoms with E-state index in [1.54, 1.807) is 0 Å². The van der Waals surface area contributed by atoms with E-state index < -0.39 is 0 Å². The molecule has 0 atom stereocenters. The first-order chi connectivity index (χ1) is 17.8. The monoisotopic (exact) mass is 475 g/mol. The quantitative estimate of drug-likeness (QED) is 0.237. The summed E-state index contributed by atoms with van der Waals surface area (Å²) in [5.74, 6) is 0. The first-order valence-electron chi connectivity index (χ1n) is 12.1. The highest BCUT2D eigenvalue weighted by atomic mass is 32.1. The zero-order valence-electron chi connectivity index (χ0n) is 19.1. The van der Waals surface area contributed by atoms with E-state index in [0.29, 0.717) is 0 Å². The van der Waals surface area contributed by atoms with Gasteiger partial charge in [-0.15, -0.1) is 11.3 Å². The third-order valence-electron chi connectivity index (χ3n) is 7.51. The predicted octanol–water partition coefficient (Wildman–Crippen LogP) is 8.81. The maximum absolute atomic E-state index is 5.09. The van der Waals surface area contributed by atoms with Crippen molar-refractivity contribution in [2.45, 2.75) is 0 Å². The van der Waals surface area contributed by atoms with Gasteiger partial charge < -0.3 is 0 Å². The number of hydrogen-bond acceptors (Lipinski definition) is 3. The Hall–Kier alpha value is -4.54. The van der Waals surface area contributed by atoms with Gasteiger partial charge in [-0.2, -0.15) is 0 Å². The van der Waals surface area contributed by atoms with Gasteiger partial charge in [-0.3, -0.25) is 4.40 Å². The van der Waals surface area contributed by atoms with Crippen molar-refractivity contribution in [3.8, 4) is 11.1 Å². The molecule has 4 heterocycles. The Morgan fingerprint density at radius 1 is 0.528 bits per heavy atom. The molecule has 0 N–H and O–H groups in total. The number of hydrogen-bond donors (Lipinski definition) is 0. The minimum Gasteiger partial charge on any atom is -0.291 e. The van der Waals surface area contributed by atoms with Crippen LogP contribution in [0.4, 0.5) is 0 Å². The summed E-state index contributed by atoms with van der Waals surface area (Å²) in [7, 11) is 0. The van der Waals surface area contributed by atoms with Crippen LogP contribution in [-0.4, -0.2) is 14.4 Å². The van der Waals surface area contributed by atoms with E-state index in [1.165, 1.54) is 53.1 Å². The summed E-state index contributed by atoms with van der Waals surface area (Å²) in [5.41, 5.74) is 8.68. The van der Waals surface area contributed by atoms with Crippen molar-refractivity contribution in [2.75, 3.05) is 0 Å². The van der Waals surface area contributed by atoms with E-state index in [-0.39, 0.29) is 0 Å². The average Bonchev–Trinajstić information content (AvgIpc) is 3.56. The van der Waals surface area contributed by atoms with Crippen LogP contribution in [0.15, 0.2) is 103 Å². The SMILES string of the molecule is c1ccc(-c2ccc3c(c2)sc2cc4c(cc23)c2cccc3c5nc6ccccc6nc5n4c23)cc1. The second-order valence-electron chi connectivity index (χ2n) is 9.47. The molecule has 9 rings (SSSR count). The van der Waals surface area contributed by atoms with Crippen LogP contribution >= 0.6 is 11.3 Å². The van der Waals surface area contributed by atoms with Crippen molar-refractivity contribution in [3.63, 3.8) is 0 Å². The molecule has 0 amide bonds. The molecule has 4 aromatic heterocycles. The number of nitrogens with zero attached hydrogens (tertiary/aromatic N) is 3. The number of aromatic nitrogens is 3. The molecule has 0 radical (unpaired) electrons. The van der Waals surface area contributed by atoms with Crippen LogP contribution in [0.1, 0.15) is 0 Å². The molecule has 36 heavy (non-hydrogen) atoms. The lowest BCUT2D eigenvalue weighted by molar-refractivity contribution is 1.28. The summed E-state index contributed by atoms with van der Waals surface area (Å²) in [6.07, 6.45) is 0. The predicted molar refractivity (Wildman–Crippen MR) is 153 cm³/mol. The van der Waals surface area contributed by atoms with Gasteiger partial charge in [-0.1, -0.05) is 72.8 Å². The van der Waals surface area contributed by atoms with Crippen molar-refractivity contribution in [1.82, 2.24) is 14.4 Å². The Morgan fingerprint density at radius 2 is 1.31 bits per heavy atom. The van der Waals surface area contributed by atoms with Crippen LogP contribution in [-0.2, 0) is 0 Å². The third-order valence-corrected chi connectivity index (χ3v) is 8.62. The van der Waals surface area contributed by atoms with Gasteiger partial charge in [0.15, 0.2) is 5.65 Å². The lowest BCUT2D eigenvalue weighted by atomic mass is 10.0. The molecule has 0 fully saturated rings. The highest BCUT2D eigenvalue weighted by Gasteiger charge is 2.21. The molecule has 5 aromatic carbocycles. The van der Waals surface area contributed by atoms with Gasteiger partial charge in [0.25, 0.3) is 0 Å². The van der Waals surface area contributed by atoms with Crippen molar-refractivity contribution in [3.05, 3.63) is 103 Å². The van der Waals surface area contributed by atoms with Crippen LogP contribution < -0.4 is 0 Å². The molecule has 9 aromatic rings. The van der Waals surface area contributed by atoms with Gasteiger partial charge in [0.1, 0.15) is 5.52 Å². The Labute approximate surface area is 209 Å². The van der Waals surface area contributed by atoms with Crippen LogP contribution in [0, 0.1) is 0 Å². The first-order valence-corrected chi connectivity index (χ1v) is 12.9. The topological polar surface area (TPSA) is 30.2 Å². The molecule has 0 aliphatic rings. The number of benzene rings is 5. The van der Waals surface area contributed by atoms with E-state index >= 15 is 0 Å². The van der Waals surface area contributed by atoms with E-state index in [2.05, 4.69) is 83.3 Å². The van der Waals surface area contributed by atoms with E-state index in [9.17, 15) is 0 Å². The zero-order chi connectivity index (χ0) is 23.4. The van der Waals surface area contributed by atoms with Crippen molar-refractivity contribution in [1.29, 1.82) is 0 Å². The molecule has 0 bridgehead atoms. The summed E-state index contributed by atoms with van der Waals surface area (Å²) >= 11 is 1.87. The fraction of sp³-hybridized carbons (Fsp3) is 0. The summed E-state index contributed by atoms with van der Waals surface area (Å²) < 4.78 is 4.94. The molecule has 0 spiro atoms. The van der Waals surface area contributed by atoms with Crippen LogP contribution in [0.3, 0.4) is 0 Å². The summed E-state index contributed by atoms with van der Waals surface area (Å²) in [4.78, 5) is 10.1.